The summed E-state index contributed by atoms with van der Waals surface area (Å²) in [5.41, 5.74) is 1.65. The molecule has 0 aromatic heterocycles. The summed E-state index contributed by atoms with van der Waals surface area (Å²) in [5.74, 6) is -0.910. The van der Waals surface area contributed by atoms with E-state index >= 15 is 0 Å². The van der Waals surface area contributed by atoms with Gasteiger partial charge in [-0.3, -0.25) is 9.59 Å². The summed E-state index contributed by atoms with van der Waals surface area (Å²) in [7, 11) is 0. The normalized spacial score (nSPS) is 16.1. The highest BCUT2D eigenvalue weighted by Crippen LogP contribution is 2.31. The van der Waals surface area contributed by atoms with Crippen LogP contribution in [0.4, 0.5) is 15.8 Å². The molecule has 0 saturated heterocycles. The molecule has 0 radical (unpaired) electrons. The predicted octanol–water partition coefficient (Wildman–Crippen LogP) is 2.86. The Morgan fingerprint density at radius 3 is 2.87 bits per heavy atom. The first-order chi connectivity index (χ1) is 11.0. The number of hydrogen-bond acceptors (Lipinski definition) is 3. The van der Waals surface area contributed by atoms with Gasteiger partial charge in [0.25, 0.3) is 5.91 Å². The smallest absolute Gasteiger partial charge is 0.266 e. The van der Waals surface area contributed by atoms with E-state index in [1.807, 2.05) is 13.0 Å². The van der Waals surface area contributed by atoms with Crippen LogP contribution in [0, 0.1) is 12.7 Å². The minimum atomic E-state index is -0.947. The number of para-hydroxylation sites is 1. The summed E-state index contributed by atoms with van der Waals surface area (Å²) in [6.07, 6.45) is -1.15. The molecule has 2 aromatic rings. The monoisotopic (exact) mass is 314 g/mol. The molecule has 0 aliphatic carbocycles. The standard InChI is InChI=1S/C17H15FN2O3/c1-10-6-7-14-13(8-10)20-17(22)15(23-14)9-16(21)19-12-5-3-2-4-11(12)18/h2-8,15H,9H2,1H3,(H,19,21)(H,20,22). The quantitative estimate of drug-likeness (QED) is 0.915. The van der Waals surface area contributed by atoms with E-state index in [9.17, 15) is 14.0 Å². The van der Waals surface area contributed by atoms with Crippen LogP contribution in [-0.4, -0.2) is 17.9 Å². The number of hydrogen-bond donors (Lipinski definition) is 2. The van der Waals surface area contributed by atoms with Crippen molar-refractivity contribution in [1.29, 1.82) is 0 Å². The van der Waals surface area contributed by atoms with Crippen molar-refractivity contribution in [1.82, 2.24) is 0 Å². The van der Waals surface area contributed by atoms with Crippen LogP contribution in [0.1, 0.15) is 12.0 Å². The Bertz CT molecular complexity index is 776. The van der Waals surface area contributed by atoms with Crippen LogP contribution in [-0.2, 0) is 9.59 Å². The molecule has 2 N–H and O–H groups in total. The van der Waals surface area contributed by atoms with Crippen molar-refractivity contribution < 1.29 is 18.7 Å². The van der Waals surface area contributed by atoms with Crippen molar-refractivity contribution in [2.24, 2.45) is 0 Å². The number of benzene rings is 2. The van der Waals surface area contributed by atoms with Crippen molar-refractivity contribution in [2.75, 3.05) is 10.6 Å². The maximum atomic E-state index is 13.5. The molecule has 0 fully saturated rings. The van der Waals surface area contributed by atoms with Gasteiger partial charge in [0, 0.05) is 0 Å². The van der Waals surface area contributed by atoms with Gasteiger partial charge in [-0.2, -0.15) is 0 Å². The summed E-state index contributed by atoms with van der Waals surface area (Å²) in [4.78, 5) is 24.0. The highest BCUT2D eigenvalue weighted by atomic mass is 19.1. The molecule has 2 aromatic carbocycles. The molecule has 0 bridgehead atoms. The lowest BCUT2D eigenvalue weighted by atomic mass is 10.1. The van der Waals surface area contributed by atoms with Crippen molar-refractivity contribution >= 4 is 23.2 Å². The summed E-state index contributed by atoms with van der Waals surface area (Å²) >= 11 is 0. The fourth-order valence-electron chi connectivity index (χ4n) is 2.33. The number of rotatable bonds is 3. The Hall–Kier alpha value is -2.89. The first-order valence-corrected chi connectivity index (χ1v) is 7.15. The van der Waals surface area contributed by atoms with Gasteiger partial charge in [-0.15, -0.1) is 0 Å². The van der Waals surface area contributed by atoms with Gasteiger partial charge in [0.05, 0.1) is 17.8 Å². The lowest BCUT2D eigenvalue weighted by Gasteiger charge is -2.25. The Labute approximate surface area is 132 Å². The largest absolute Gasteiger partial charge is 0.478 e. The van der Waals surface area contributed by atoms with Gasteiger partial charge in [0.1, 0.15) is 11.6 Å². The Kier molecular flexibility index (Phi) is 3.97. The first kappa shape index (κ1) is 15.0. The second-order valence-electron chi connectivity index (χ2n) is 5.33. The number of fused-ring (bicyclic) bond motifs is 1. The predicted molar refractivity (Wildman–Crippen MR) is 83.9 cm³/mol. The highest BCUT2D eigenvalue weighted by Gasteiger charge is 2.29. The Morgan fingerprint density at radius 2 is 2.09 bits per heavy atom. The number of nitrogens with one attached hydrogen (secondary N) is 2. The van der Waals surface area contributed by atoms with Crippen LogP contribution in [0.25, 0.3) is 0 Å². The van der Waals surface area contributed by atoms with Crippen LogP contribution in [0.3, 0.4) is 0 Å². The van der Waals surface area contributed by atoms with Gasteiger partial charge in [-0.05, 0) is 36.8 Å². The maximum absolute atomic E-state index is 13.5. The molecule has 23 heavy (non-hydrogen) atoms. The van der Waals surface area contributed by atoms with Gasteiger partial charge in [-0.1, -0.05) is 18.2 Å². The molecular formula is C17H15FN2O3. The average Bonchev–Trinajstić information content (AvgIpc) is 2.50. The molecule has 6 heteroatoms. The maximum Gasteiger partial charge on any atom is 0.266 e. The zero-order valence-corrected chi connectivity index (χ0v) is 12.4. The van der Waals surface area contributed by atoms with Crippen LogP contribution < -0.4 is 15.4 Å². The minimum absolute atomic E-state index is 0.0738. The van der Waals surface area contributed by atoms with Crippen LogP contribution in [0.2, 0.25) is 0 Å². The van der Waals surface area contributed by atoms with E-state index in [4.69, 9.17) is 4.74 Å². The third-order valence-corrected chi connectivity index (χ3v) is 3.47. The van der Waals surface area contributed by atoms with E-state index < -0.39 is 23.7 Å². The molecule has 0 spiro atoms. The summed E-state index contributed by atoms with van der Waals surface area (Å²) < 4.78 is 19.1. The lowest BCUT2D eigenvalue weighted by Crippen LogP contribution is -2.39. The molecule has 3 rings (SSSR count). The molecule has 1 aliphatic rings. The Morgan fingerprint density at radius 1 is 1.30 bits per heavy atom. The van der Waals surface area contributed by atoms with Crippen molar-refractivity contribution in [3.05, 3.63) is 53.8 Å². The number of amides is 2. The van der Waals surface area contributed by atoms with Gasteiger partial charge in [-0.25, -0.2) is 4.39 Å². The first-order valence-electron chi connectivity index (χ1n) is 7.15. The van der Waals surface area contributed by atoms with Crippen LogP contribution in [0.5, 0.6) is 5.75 Å². The van der Waals surface area contributed by atoms with Gasteiger partial charge < -0.3 is 15.4 Å². The molecule has 1 unspecified atom stereocenters. The number of anilines is 2. The van der Waals surface area contributed by atoms with Crippen LogP contribution in [0.15, 0.2) is 42.5 Å². The molecule has 1 atom stereocenters. The molecule has 2 amide bonds. The van der Waals surface area contributed by atoms with E-state index in [1.54, 1.807) is 18.2 Å². The van der Waals surface area contributed by atoms with E-state index in [-0.39, 0.29) is 12.1 Å². The third-order valence-electron chi connectivity index (χ3n) is 3.47. The van der Waals surface area contributed by atoms with Crippen molar-refractivity contribution in [2.45, 2.75) is 19.4 Å². The number of carbonyl (C=O) groups excluding carboxylic acids is 2. The fourth-order valence-corrected chi connectivity index (χ4v) is 2.33. The zero-order valence-electron chi connectivity index (χ0n) is 12.4. The molecule has 118 valence electrons. The highest BCUT2D eigenvalue weighted by molar-refractivity contribution is 6.02. The third kappa shape index (κ3) is 3.31. The molecule has 1 heterocycles. The average molecular weight is 314 g/mol. The number of aryl methyl sites for hydroxylation is 1. The van der Waals surface area contributed by atoms with Gasteiger partial charge in [0.15, 0.2) is 6.10 Å². The van der Waals surface area contributed by atoms with E-state index in [1.165, 1.54) is 18.2 Å². The van der Waals surface area contributed by atoms with E-state index in [0.717, 1.165) is 5.56 Å². The number of ether oxygens (including phenoxy) is 1. The number of carbonyl (C=O) groups is 2. The van der Waals surface area contributed by atoms with Gasteiger partial charge >= 0.3 is 0 Å². The minimum Gasteiger partial charge on any atom is -0.478 e. The summed E-state index contributed by atoms with van der Waals surface area (Å²) in [5, 5.41) is 5.15. The summed E-state index contributed by atoms with van der Waals surface area (Å²) in [6.45, 7) is 1.90. The summed E-state index contributed by atoms with van der Waals surface area (Å²) in [6, 6.07) is 11.2. The van der Waals surface area contributed by atoms with Crippen molar-refractivity contribution in [3.8, 4) is 5.75 Å². The molecule has 0 saturated carbocycles. The SMILES string of the molecule is Cc1ccc2c(c1)NC(=O)C(CC(=O)Nc1ccccc1F)O2. The lowest BCUT2D eigenvalue weighted by molar-refractivity contribution is -0.128. The molecule has 5 nitrogen and oxygen atoms in total. The Balaban J connectivity index is 1.68. The van der Waals surface area contributed by atoms with Crippen molar-refractivity contribution in [3.63, 3.8) is 0 Å². The topological polar surface area (TPSA) is 67.4 Å². The van der Waals surface area contributed by atoms with E-state index in [2.05, 4.69) is 10.6 Å². The second kappa shape index (κ2) is 6.08. The molecular weight excluding hydrogens is 299 g/mol. The van der Waals surface area contributed by atoms with Crippen LogP contribution >= 0.6 is 0 Å². The molecule has 1 aliphatic heterocycles. The number of halogens is 1. The van der Waals surface area contributed by atoms with Gasteiger partial charge in [0.2, 0.25) is 5.91 Å². The zero-order chi connectivity index (χ0) is 16.4. The fraction of sp³-hybridized carbons (Fsp3) is 0.176. The van der Waals surface area contributed by atoms with E-state index in [0.29, 0.717) is 11.4 Å². The second-order valence-corrected chi connectivity index (χ2v) is 5.33.